The fourth-order valence-corrected chi connectivity index (χ4v) is 3.58. The summed E-state index contributed by atoms with van der Waals surface area (Å²) in [4.78, 5) is 22.0. The first-order valence-corrected chi connectivity index (χ1v) is 12.6. The van der Waals surface area contributed by atoms with E-state index in [9.17, 15) is 24.9 Å². The second-order valence-corrected chi connectivity index (χ2v) is 11.1. The van der Waals surface area contributed by atoms with Gasteiger partial charge < -0.3 is 34.6 Å². The molecule has 0 amide bonds. The van der Waals surface area contributed by atoms with Crippen LogP contribution in [0.25, 0.3) is 0 Å². The van der Waals surface area contributed by atoms with Crippen LogP contribution in [0, 0.1) is 0 Å². The molecule has 0 bridgehead atoms. The molecule has 216 valence electrons. The van der Waals surface area contributed by atoms with E-state index in [1.54, 1.807) is 37.4 Å². The molecular weight excluding hydrogens is 516 g/mol. The molecule has 0 aliphatic carbocycles. The molecule has 4 N–H and O–H groups in total. The SMILES string of the molecule is CC(C)(C)c1cc(C(=O)O)c(O)c(C(C)(C)C)c1.COc1ccc(OCCOc2ccc(C(=O)O)c(O)c2)cc1. The number of carboxylic acids is 2. The van der Waals surface area contributed by atoms with Crippen LogP contribution in [0.3, 0.4) is 0 Å². The molecule has 0 saturated carbocycles. The number of rotatable bonds is 8. The Bertz CT molecular complexity index is 1310. The smallest absolute Gasteiger partial charge is 0.339 e. The highest BCUT2D eigenvalue weighted by Gasteiger charge is 2.26. The molecule has 9 nitrogen and oxygen atoms in total. The van der Waals surface area contributed by atoms with Crippen molar-refractivity contribution in [2.24, 2.45) is 0 Å². The summed E-state index contributed by atoms with van der Waals surface area (Å²) < 4.78 is 15.9. The van der Waals surface area contributed by atoms with Crippen molar-refractivity contribution in [1.29, 1.82) is 0 Å². The van der Waals surface area contributed by atoms with E-state index < -0.39 is 11.9 Å². The van der Waals surface area contributed by atoms with Gasteiger partial charge in [0.05, 0.1) is 7.11 Å². The normalized spacial score (nSPS) is 11.2. The number of hydrogen-bond acceptors (Lipinski definition) is 7. The van der Waals surface area contributed by atoms with E-state index in [2.05, 4.69) is 0 Å². The third kappa shape index (κ3) is 8.83. The molecule has 0 fully saturated rings. The molecule has 0 unspecified atom stereocenters. The maximum Gasteiger partial charge on any atom is 0.339 e. The minimum atomic E-state index is -1.19. The Kier molecular flexibility index (Phi) is 10.4. The van der Waals surface area contributed by atoms with E-state index in [0.29, 0.717) is 23.7 Å². The molecule has 0 aromatic heterocycles. The van der Waals surface area contributed by atoms with Crippen LogP contribution in [0.5, 0.6) is 28.7 Å². The maximum absolute atomic E-state index is 11.2. The zero-order valence-corrected chi connectivity index (χ0v) is 23.9. The summed E-state index contributed by atoms with van der Waals surface area (Å²) in [5, 5.41) is 37.6. The number of ether oxygens (including phenoxy) is 3. The van der Waals surface area contributed by atoms with Gasteiger partial charge in [-0.15, -0.1) is 0 Å². The van der Waals surface area contributed by atoms with E-state index in [-0.39, 0.29) is 40.1 Å². The Morgan fingerprint density at radius 1 is 0.675 bits per heavy atom. The Labute approximate surface area is 234 Å². The molecule has 40 heavy (non-hydrogen) atoms. The molecule has 0 saturated heterocycles. The van der Waals surface area contributed by atoms with Gasteiger partial charge in [-0.05, 0) is 58.9 Å². The van der Waals surface area contributed by atoms with Crippen LogP contribution in [-0.4, -0.2) is 52.7 Å². The zero-order valence-electron chi connectivity index (χ0n) is 23.9. The van der Waals surface area contributed by atoms with Crippen molar-refractivity contribution in [2.75, 3.05) is 20.3 Å². The van der Waals surface area contributed by atoms with Gasteiger partial charge in [0.25, 0.3) is 0 Å². The lowest BCUT2D eigenvalue weighted by molar-refractivity contribution is 0.0682. The summed E-state index contributed by atoms with van der Waals surface area (Å²) in [5.74, 6) is -0.924. The van der Waals surface area contributed by atoms with Crippen LogP contribution in [0.15, 0.2) is 54.6 Å². The fraction of sp³-hybridized carbons (Fsp3) is 0.355. The van der Waals surface area contributed by atoms with Gasteiger partial charge in [-0.1, -0.05) is 47.6 Å². The van der Waals surface area contributed by atoms with Crippen molar-refractivity contribution >= 4 is 11.9 Å². The quantitative estimate of drug-likeness (QED) is 0.238. The number of methoxy groups -OCH3 is 1. The standard InChI is InChI=1S/C16H16O6.C15H22O3/c1-20-11-2-4-12(5-3-11)21-8-9-22-13-6-7-14(16(18)19)15(17)10-13;1-14(2,3)9-7-10(13(17)18)12(16)11(8-9)15(4,5)6/h2-7,10,17H,8-9H2,1H3,(H,18,19);7-8,16H,1-6H3,(H,17,18). The molecule has 0 aliphatic heterocycles. The number of carbonyl (C=O) groups is 2. The van der Waals surface area contributed by atoms with Crippen molar-refractivity contribution in [3.05, 3.63) is 76.9 Å². The van der Waals surface area contributed by atoms with Gasteiger partial charge in [-0.3, -0.25) is 0 Å². The second kappa shape index (κ2) is 13.1. The highest BCUT2D eigenvalue weighted by molar-refractivity contribution is 5.92. The highest BCUT2D eigenvalue weighted by Crippen LogP contribution is 2.37. The monoisotopic (exact) mass is 554 g/mol. The van der Waals surface area contributed by atoms with Gasteiger partial charge in [0, 0.05) is 11.6 Å². The number of aromatic hydroxyl groups is 2. The molecule has 3 aromatic rings. The summed E-state index contributed by atoms with van der Waals surface area (Å²) in [7, 11) is 1.59. The number of aromatic carboxylic acids is 2. The second-order valence-electron chi connectivity index (χ2n) is 11.1. The average Bonchev–Trinajstić information content (AvgIpc) is 2.85. The Balaban J connectivity index is 0.000000286. The zero-order chi connectivity index (χ0) is 30.3. The Morgan fingerprint density at radius 3 is 1.62 bits per heavy atom. The van der Waals surface area contributed by atoms with Gasteiger partial charge in [-0.25, -0.2) is 9.59 Å². The number of benzene rings is 3. The van der Waals surface area contributed by atoms with E-state index in [0.717, 1.165) is 11.3 Å². The van der Waals surface area contributed by atoms with Crippen molar-refractivity contribution in [3.63, 3.8) is 0 Å². The number of hydrogen-bond donors (Lipinski definition) is 4. The molecule has 0 spiro atoms. The predicted molar refractivity (Wildman–Crippen MR) is 152 cm³/mol. The third-order valence-corrected chi connectivity index (χ3v) is 5.89. The minimum Gasteiger partial charge on any atom is -0.507 e. The average molecular weight is 555 g/mol. The highest BCUT2D eigenvalue weighted by atomic mass is 16.5. The molecule has 3 aromatic carbocycles. The predicted octanol–water partition coefficient (Wildman–Crippen LogP) is 6.24. The van der Waals surface area contributed by atoms with Crippen molar-refractivity contribution in [2.45, 2.75) is 52.4 Å². The lowest BCUT2D eigenvalue weighted by Gasteiger charge is -2.26. The molecule has 9 heteroatoms. The van der Waals surface area contributed by atoms with Gasteiger partial charge >= 0.3 is 11.9 Å². The minimum absolute atomic E-state index is 0.0210. The molecule has 0 atom stereocenters. The van der Waals surface area contributed by atoms with Crippen LogP contribution >= 0.6 is 0 Å². The first-order chi connectivity index (χ1) is 18.5. The number of phenols is 2. The maximum atomic E-state index is 11.2. The van der Waals surface area contributed by atoms with Crippen LogP contribution in [-0.2, 0) is 10.8 Å². The first kappa shape index (κ1) is 31.8. The van der Waals surface area contributed by atoms with Gasteiger partial charge in [0.15, 0.2) is 0 Å². The van der Waals surface area contributed by atoms with Crippen molar-refractivity contribution < 1.29 is 44.2 Å². The third-order valence-electron chi connectivity index (χ3n) is 5.89. The van der Waals surface area contributed by atoms with Crippen LogP contribution in [0.4, 0.5) is 0 Å². The summed E-state index contributed by atoms with van der Waals surface area (Å²) in [6.45, 7) is 12.5. The van der Waals surface area contributed by atoms with Gasteiger partial charge in [0.2, 0.25) is 0 Å². The molecule has 0 heterocycles. The Morgan fingerprint density at radius 2 is 1.18 bits per heavy atom. The number of carboxylic acid groups (broad SMARTS) is 2. The lowest BCUT2D eigenvalue weighted by atomic mass is 9.79. The summed E-state index contributed by atoms with van der Waals surface area (Å²) in [6, 6.07) is 14.6. The van der Waals surface area contributed by atoms with Crippen LogP contribution < -0.4 is 14.2 Å². The largest absolute Gasteiger partial charge is 0.507 e. The van der Waals surface area contributed by atoms with Gasteiger partial charge in [-0.2, -0.15) is 0 Å². The molecule has 0 radical (unpaired) electrons. The summed E-state index contributed by atoms with van der Waals surface area (Å²) >= 11 is 0. The van der Waals surface area contributed by atoms with E-state index in [1.807, 2.05) is 47.6 Å². The molecule has 0 aliphatic rings. The fourth-order valence-electron chi connectivity index (χ4n) is 3.58. The summed E-state index contributed by atoms with van der Waals surface area (Å²) in [6.07, 6.45) is 0. The van der Waals surface area contributed by atoms with E-state index in [4.69, 9.17) is 19.3 Å². The van der Waals surface area contributed by atoms with E-state index in [1.165, 1.54) is 18.2 Å². The van der Waals surface area contributed by atoms with Crippen LogP contribution in [0.1, 0.15) is 73.4 Å². The van der Waals surface area contributed by atoms with Gasteiger partial charge in [0.1, 0.15) is 53.1 Å². The lowest BCUT2D eigenvalue weighted by Crippen LogP contribution is -2.18. The summed E-state index contributed by atoms with van der Waals surface area (Å²) in [5.41, 5.74) is 0.956. The molecular formula is C31H38O9. The van der Waals surface area contributed by atoms with Crippen molar-refractivity contribution in [3.8, 4) is 28.7 Å². The van der Waals surface area contributed by atoms with Crippen molar-refractivity contribution in [1.82, 2.24) is 0 Å². The van der Waals surface area contributed by atoms with E-state index >= 15 is 0 Å². The molecule has 3 rings (SSSR count). The first-order valence-electron chi connectivity index (χ1n) is 12.6. The van der Waals surface area contributed by atoms with Crippen LogP contribution in [0.2, 0.25) is 0 Å². The topological polar surface area (TPSA) is 143 Å². The Hall–Kier alpha value is -4.40.